The lowest BCUT2D eigenvalue weighted by atomic mass is 10.1. The molecule has 1 N–H and O–H groups in total. The molecule has 0 amide bonds. The highest BCUT2D eigenvalue weighted by atomic mass is 127. The minimum atomic E-state index is -0.0909. The molecule has 0 radical (unpaired) electrons. The molecule has 2 unspecified atom stereocenters. The third kappa shape index (κ3) is 9.01. The van der Waals surface area contributed by atoms with E-state index in [1.54, 1.807) is 0 Å². The van der Waals surface area contributed by atoms with Crippen LogP contribution >= 0.6 is 22.6 Å². The smallest absolute Gasteiger partial charge is 0.0655 e. The molecule has 80 valence electrons. The molecular weight excluding hydrogens is 275 g/mol. The van der Waals surface area contributed by atoms with Gasteiger partial charge in [-0.05, 0) is 6.42 Å². The van der Waals surface area contributed by atoms with Crippen LogP contribution < -0.4 is 0 Å². The van der Waals surface area contributed by atoms with Crippen molar-refractivity contribution in [1.29, 1.82) is 0 Å². The van der Waals surface area contributed by atoms with Gasteiger partial charge in [0.05, 0.1) is 6.10 Å². The normalized spacial score (nSPS) is 15.7. The molecule has 2 heteroatoms. The fourth-order valence-electron chi connectivity index (χ4n) is 1.36. The Labute approximate surface area is 96.4 Å². The SMILES string of the molecule is CCCCCCCCC(O)C(C)I. The molecule has 1 nitrogen and oxygen atoms in total. The molecule has 0 spiro atoms. The molecule has 0 aliphatic heterocycles. The number of aliphatic hydroxyl groups excluding tert-OH is 1. The third-order valence-electron chi connectivity index (χ3n) is 2.38. The van der Waals surface area contributed by atoms with Crippen molar-refractivity contribution in [2.75, 3.05) is 0 Å². The minimum Gasteiger partial charge on any atom is -0.392 e. The van der Waals surface area contributed by atoms with Crippen LogP contribution in [0.15, 0.2) is 0 Å². The predicted octanol–water partition coefficient (Wildman–Crippen LogP) is 3.92. The Kier molecular flexibility index (Phi) is 9.74. The van der Waals surface area contributed by atoms with Crippen molar-refractivity contribution in [3.8, 4) is 0 Å². The van der Waals surface area contributed by atoms with Gasteiger partial charge in [0, 0.05) is 3.92 Å². The van der Waals surface area contributed by atoms with E-state index in [0.717, 1.165) is 6.42 Å². The average molecular weight is 298 g/mol. The Balaban J connectivity index is 3.07. The van der Waals surface area contributed by atoms with Gasteiger partial charge in [0.15, 0.2) is 0 Å². The van der Waals surface area contributed by atoms with Crippen LogP contribution in [0.5, 0.6) is 0 Å². The van der Waals surface area contributed by atoms with E-state index in [1.165, 1.54) is 38.5 Å². The van der Waals surface area contributed by atoms with Gasteiger partial charge < -0.3 is 5.11 Å². The van der Waals surface area contributed by atoms with E-state index < -0.39 is 0 Å². The first-order valence-electron chi connectivity index (χ1n) is 5.50. The summed E-state index contributed by atoms with van der Waals surface area (Å²) in [7, 11) is 0. The molecule has 0 rings (SSSR count). The van der Waals surface area contributed by atoms with Crippen LogP contribution in [0, 0.1) is 0 Å². The molecule has 0 saturated heterocycles. The molecule has 0 aromatic carbocycles. The molecule has 0 aromatic rings. The van der Waals surface area contributed by atoms with Crippen LogP contribution in [-0.2, 0) is 0 Å². The number of aliphatic hydroxyl groups is 1. The van der Waals surface area contributed by atoms with Crippen LogP contribution in [-0.4, -0.2) is 15.1 Å². The van der Waals surface area contributed by atoms with E-state index >= 15 is 0 Å². The first-order chi connectivity index (χ1) is 6.18. The molecule has 2 atom stereocenters. The summed E-state index contributed by atoms with van der Waals surface area (Å²) in [6, 6.07) is 0. The highest BCUT2D eigenvalue weighted by Gasteiger charge is 2.08. The molecular formula is C11H23IO. The zero-order valence-electron chi connectivity index (χ0n) is 8.93. The van der Waals surface area contributed by atoms with Crippen LogP contribution in [0.2, 0.25) is 0 Å². The highest BCUT2D eigenvalue weighted by Crippen LogP contribution is 2.13. The predicted molar refractivity (Wildman–Crippen MR) is 67.5 cm³/mol. The lowest BCUT2D eigenvalue weighted by Crippen LogP contribution is -2.16. The zero-order valence-corrected chi connectivity index (χ0v) is 11.1. The molecule has 0 aliphatic rings. The summed E-state index contributed by atoms with van der Waals surface area (Å²) in [6.45, 7) is 4.31. The van der Waals surface area contributed by atoms with E-state index in [9.17, 15) is 5.11 Å². The Morgan fingerprint density at radius 1 is 1.08 bits per heavy atom. The second kappa shape index (κ2) is 9.25. The van der Waals surface area contributed by atoms with Gasteiger partial charge in [0.25, 0.3) is 0 Å². The van der Waals surface area contributed by atoms with Crippen LogP contribution in [0.3, 0.4) is 0 Å². The minimum absolute atomic E-state index is 0.0909. The summed E-state index contributed by atoms with van der Waals surface area (Å²) in [6.07, 6.45) is 8.77. The van der Waals surface area contributed by atoms with Gasteiger partial charge in [-0.25, -0.2) is 0 Å². The van der Waals surface area contributed by atoms with E-state index in [-0.39, 0.29) is 6.10 Å². The summed E-state index contributed by atoms with van der Waals surface area (Å²) in [5, 5.41) is 9.52. The van der Waals surface area contributed by atoms with E-state index in [0.29, 0.717) is 3.92 Å². The molecule has 0 aliphatic carbocycles. The van der Waals surface area contributed by atoms with Gasteiger partial charge in [-0.3, -0.25) is 0 Å². The van der Waals surface area contributed by atoms with Gasteiger partial charge in [0.1, 0.15) is 0 Å². The summed E-state index contributed by atoms with van der Waals surface area (Å²) in [5.74, 6) is 0. The van der Waals surface area contributed by atoms with E-state index in [2.05, 4.69) is 36.4 Å². The van der Waals surface area contributed by atoms with Gasteiger partial charge in [-0.15, -0.1) is 0 Å². The summed E-state index contributed by atoms with van der Waals surface area (Å²) < 4.78 is 0.397. The van der Waals surface area contributed by atoms with Crippen molar-refractivity contribution in [2.24, 2.45) is 0 Å². The standard InChI is InChI=1S/C11H23IO/c1-3-4-5-6-7-8-9-11(13)10(2)12/h10-11,13H,3-9H2,1-2H3. The number of halogens is 1. The van der Waals surface area contributed by atoms with E-state index in [1.807, 2.05) is 0 Å². The summed E-state index contributed by atoms with van der Waals surface area (Å²) in [4.78, 5) is 0. The molecule has 0 bridgehead atoms. The maximum atomic E-state index is 9.52. The van der Waals surface area contributed by atoms with Crippen molar-refractivity contribution in [3.05, 3.63) is 0 Å². The zero-order chi connectivity index (χ0) is 10.1. The summed E-state index contributed by atoms with van der Waals surface area (Å²) in [5.41, 5.74) is 0. The van der Waals surface area contributed by atoms with Crippen molar-refractivity contribution in [2.45, 2.75) is 68.8 Å². The highest BCUT2D eigenvalue weighted by molar-refractivity contribution is 14.1. The lowest BCUT2D eigenvalue weighted by Gasteiger charge is -2.12. The maximum absolute atomic E-state index is 9.52. The van der Waals surface area contributed by atoms with E-state index in [4.69, 9.17) is 0 Å². The lowest BCUT2D eigenvalue weighted by molar-refractivity contribution is 0.166. The fraction of sp³-hybridized carbons (Fsp3) is 1.00. The summed E-state index contributed by atoms with van der Waals surface area (Å²) >= 11 is 2.29. The number of unbranched alkanes of at least 4 members (excludes halogenated alkanes) is 5. The molecule has 0 heterocycles. The van der Waals surface area contributed by atoms with Crippen LogP contribution in [0.25, 0.3) is 0 Å². The Morgan fingerprint density at radius 3 is 2.15 bits per heavy atom. The van der Waals surface area contributed by atoms with Crippen molar-refractivity contribution in [1.82, 2.24) is 0 Å². The second-order valence-corrected chi connectivity index (χ2v) is 5.77. The van der Waals surface area contributed by atoms with Crippen molar-refractivity contribution in [3.63, 3.8) is 0 Å². The number of alkyl halides is 1. The molecule has 0 aromatic heterocycles. The average Bonchev–Trinajstić information content (AvgIpc) is 2.10. The van der Waals surface area contributed by atoms with Crippen molar-refractivity contribution >= 4 is 22.6 Å². The van der Waals surface area contributed by atoms with Crippen molar-refractivity contribution < 1.29 is 5.11 Å². The number of rotatable bonds is 8. The number of hydrogen-bond donors (Lipinski definition) is 1. The maximum Gasteiger partial charge on any atom is 0.0655 e. The molecule has 13 heavy (non-hydrogen) atoms. The van der Waals surface area contributed by atoms with Gasteiger partial charge in [0.2, 0.25) is 0 Å². The van der Waals surface area contributed by atoms with Gasteiger partial charge in [-0.1, -0.05) is 75.0 Å². The fourth-order valence-corrected chi connectivity index (χ4v) is 1.72. The first kappa shape index (κ1) is 13.7. The quantitative estimate of drug-likeness (QED) is 0.409. The topological polar surface area (TPSA) is 20.2 Å². The second-order valence-electron chi connectivity index (χ2n) is 3.80. The largest absolute Gasteiger partial charge is 0.392 e. The van der Waals surface area contributed by atoms with Gasteiger partial charge >= 0.3 is 0 Å². The third-order valence-corrected chi connectivity index (χ3v) is 3.21. The van der Waals surface area contributed by atoms with Crippen LogP contribution in [0.4, 0.5) is 0 Å². The Morgan fingerprint density at radius 2 is 1.62 bits per heavy atom. The van der Waals surface area contributed by atoms with Crippen LogP contribution in [0.1, 0.15) is 58.8 Å². The number of hydrogen-bond acceptors (Lipinski definition) is 1. The Hall–Kier alpha value is 0.690. The first-order valence-corrected chi connectivity index (χ1v) is 6.75. The molecule has 0 saturated carbocycles. The van der Waals surface area contributed by atoms with Gasteiger partial charge in [-0.2, -0.15) is 0 Å². The Bertz CT molecular complexity index is 104. The monoisotopic (exact) mass is 298 g/mol. The molecule has 0 fully saturated rings.